The highest BCUT2D eigenvalue weighted by molar-refractivity contribution is 6.30. The van der Waals surface area contributed by atoms with Crippen molar-refractivity contribution in [1.29, 1.82) is 0 Å². The number of nitrogens with one attached hydrogen (secondary N) is 2. The topological polar surface area (TPSA) is 70.9 Å². The van der Waals surface area contributed by atoms with Gasteiger partial charge in [-0.15, -0.1) is 0 Å². The first-order valence-corrected chi connectivity index (χ1v) is 8.63. The minimum atomic E-state index is 0.431. The second-order valence-electron chi connectivity index (χ2n) is 6.11. The largest absolute Gasteiger partial charge is 0.373 e. The molecule has 0 spiro atoms. The number of hydrogen-bond acceptors (Lipinski definition) is 6. The van der Waals surface area contributed by atoms with E-state index in [1.807, 2.05) is 27.1 Å². The molecule has 2 aromatic heterocycles. The van der Waals surface area contributed by atoms with E-state index < -0.39 is 0 Å². The normalized spacial score (nSPS) is 17.5. The van der Waals surface area contributed by atoms with Gasteiger partial charge in [-0.3, -0.25) is 4.68 Å². The summed E-state index contributed by atoms with van der Waals surface area (Å²) < 4.78 is 1.72. The number of nitrogens with zero attached hydrogens (tertiary/aromatic N) is 5. The molecule has 24 heavy (non-hydrogen) atoms. The number of hydrogen-bond donors (Lipinski definition) is 2. The molecule has 8 heteroatoms. The summed E-state index contributed by atoms with van der Waals surface area (Å²) in [4.78, 5) is 11.0. The monoisotopic (exact) mass is 349 g/mol. The number of anilines is 2. The van der Waals surface area contributed by atoms with Gasteiger partial charge >= 0.3 is 0 Å². The van der Waals surface area contributed by atoms with Crippen molar-refractivity contribution in [1.82, 2.24) is 25.1 Å². The maximum absolute atomic E-state index is 6.29. The van der Waals surface area contributed by atoms with E-state index >= 15 is 0 Å². The lowest BCUT2D eigenvalue weighted by atomic mass is 10.2. The number of aromatic nitrogens is 4. The van der Waals surface area contributed by atoms with Crippen molar-refractivity contribution in [2.45, 2.75) is 32.4 Å². The van der Waals surface area contributed by atoms with Gasteiger partial charge in [-0.2, -0.15) is 5.10 Å². The molecule has 3 heterocycles. The third-order valence-corrected chi connectivity index (χ3v) is 5.00. The standard InChI is InChI=1S/C16H24ClN7/c1-11-13(16(17)23(3)22-11)9-19-8-12-5-4-6-24(12)15-7-14(18-2)20-10-21-15/h7,10,12,19H,4-6,8-9H2,1-3H3,(H,18,20,21). The summed E-state index contributed by atoms with van der Waals surface area (Å²) in [7, 11) is 3.74. The molecule has 1 unspecified atom stereocenters. The molecule has 1 fully saturated rings. The molecule has 0 bridgehead atoms. The van der Waals surface area contributed by atoms with E-state index in [9.17, 15) is 0 Å². The second kappa shape index (κ2) is 7.36. The van der Waals surface area contributed by atoms with E-state index in [-0.39, 0.29) is 0 Å². The molecule has 0 radical (unpaired) electrons. The average molecular weight is 350 g/mol. The van der Waals surface area contributed by atoms with Gasteiger partial charge in [-0.05, 0) is 19.8 Å². The van der Waals surface area contributed by atoms with Gasteiger partial charge in [0.2, 0.25) is 0 Å². The lowest BCUT2D eigenvalue weighted by Crippen LogP contribution is -2.38. The first kappa shape index (κ1) is 17.0. The van der Waals surface area contributed by atoms with Crippen LogP contribution >= 0.6 is 11.6 Å². The van der Waals surface area contributed by atoms with Crippen LogP contribution in [0.5, 0.6) is 0 Å². The molecule has 0 aliphatic carbocycles. The van der Waals surface area contributed by atoms with Crippen molar-refractivity contribution in [3.8, 4) is 0 Å². The highest BCUT2D eigenvalue weighted by Gasteiger charge is 2.25. The number of aryl methyl sites for hydroxylation is 2. The van der Waals surface area contributed by atoms with E-state index in [4.69, 9.17) is 11.6 Å². The summed E-state index contributed by atoms with van der Waals surface area (Å²) in [6.45, 7) is 4.64. The predicted octanol–water partition coefficient (Wildman–Crippen LogP) is 1.97. The Hall–Kier alpha value is -1.86. The highest BCUT2D eigenvalue weighted by atomic mass is 35.5. The summed E-state index contributed by atoms with van der Waals surface area (Å²) in [6.07, 6.45) is 3.95. The van der Waals surface area contributed by atoms with Crippen molar-refractivity contribution < 1.29 is 0 Å². The maximum atomic E-state index is 6.29. The summed E-state index contributed by atoms with van der Waals surface area (Å²) in [5, 5.41) is 11.7. The fourth-order valence-corrected chi connectivity index (χ4v) is 3.47. The number of rotatable bonds is 6. The molecule has 1 saturated heterocycles. The molecule has 0 saturated carbocycles. The van der Waals surface area contributed by atoms with E-state index in [1.54, 1.807) is 11.0 Å². The zero-order valence-corrected chi connectivity index (χ0v) is 15.1. The second-order valence-corrected chi connectivity index (χ2v) is 6.47. The van der Waals surface area contributed by atoms with Gasteiger partial charge in [0.05, 0.1) is 5.69 Å². The van der Waals surface area contributed by atoms with Crippen LogP contribution < -0.4 is 15.5 Å². The van der Waals surface area contributed by atoms with Crippen LogP contribution in [0.25, 0.3) is 0 Å². The predicted molar refractivity (Wildman–Crippen MR) is 96.6 cm³/mol. The Morgan fingerprint density at radius 3 is 2.92 bits per heavy atom. The molecule has 1 aliphatic rings. The Morgan fingerprint density at radius 2 is 2.21 bits per heavy atom. The van der Waals surface area contributed by atoms with Crippen molar-refractivity contribution in [2.24, 2.45) is 7.05 Å². The van der Waals surface area contributed by atoms with Crippen LogP contribution in [-0.2, 0) is 13.6 Å². The van der Waals surface area contributed by atoms with E-state index in [0.29, 0.717) is 11.2 Å². The molecule has 0 aromatic carbocycles. The van der Waals surface area contributed by atoms with Crippen LogP contribution in [0.15, 0.2) is 12.4 Å². The van der Waals surface area contributed by atoms with Crippen molar-refractivity contribution in [3.63, 3.8) is 0 Å². The van der Waals surface area contributed by atoms with Crippen molar-refractivity contribution >= 4 is 23.2 Å². The molecule has 3 rings (SSSR count). The van der Waals surface area contributed by atoms with Gasteiger partial charge in [-0.25, -0.2) is 9.97 Å². The third kappa shape index (κ3) is 3.47. The van der Waals surface area contributed by atoms with Gasteiger partial charge in [0, 0.05) is 51.4 Å². The van der Waals surface area contributed by atoms with Crippen LogP contribution in [0.2, 0.25) is 5.15 Å². The fraction of sp³-hybridized carbons (Fsp3) is 0.562. The van der Waals surface area contributed by atoms with Gasteiger partial charge in [0.25, 0.3) is 0 Å². The minimum absolute atomic E-state index is 0.431. The van der Waals surface area contributed by atoms with Gasteiger partial charge in [-0.1, -0.05) is 11.6 Å². The van der Waals surface area contributed by atoms with Crippen molar-refractivity contribution in [2.75, 3.05) is 30.4 Å². The molecular formula is C16H24ClN7. The first-order chi connectivity index (χ1) is 11.6. The SMILES string of the molecule is CNc1cc(N2CCCC2CNCc2c(C)nn(C)c2Cl)ncn1. The summed E-state index contributed by atoms with van der Waals surface area (Å²) in [5.74, 6) is 1.82. The summed E-state index contributed by atoms with van der Waals surface area (Å²) in [6, 6.07) is 2.43. The number of halogens is 1. The summed E-state index contributed by atoms with van der Waals surface area (Å²) >= 11 is 6.29. The molecule has 7 nitrogen and oxygen atoms in total. The van der Waals surface area contributed by atoms with Crippen LogP contribution in [0, 0.1) is 6.92 Å². The molecule has 1 aliphatic heterocycles. The fourth-order valence-electron chi connectivity index (χ4n) is 3.23. The average Bonchev–Trinajstić information content (AvgIpc) is 3.15. The summed E-state index contributed by atoms with van der Waals surface area (Å²) in [5.41, 5.74) is 2.05. The van der Waals surface area contributed by atoms with Crippen molar-refractivity contribution in [3.05, 3.63) is 28.8 Å². The maximum Gasteiger partial charge on any atom is 0.134 e. The van der Waals surface area contributed by atoms with Crippen LogP contribution in [-0.4, -0.2) is 45.9 Å². The molecule has 2 N–H and O–H groups in total. The Labute approximate surface area is 147 Å². The third-order valence-electron chi connectivity index (χ3n) is 4.53. The van der Waals surface area contributed by atoms with Crippen LogP contribution in [0.4, 0.5) is 11.6 Å². The van der Waals surface area contributed by atoms with Crippen LogP contribution in [0.1, 0.15) is 24.1 Å². The van der Waals surface area contributed by atoms with E-state index in [2.05, 4.69) is 30.6 Å². The Kier molecular flexibility index (Phi) is 5.20. The molecule has 130 valence electrons. The minimum Gasteiger partial charge on any atom is -0.373 e. The quantitative estimate of drug-likeness (QED) is 0.831. The molecular weight excluding hydrogens is 326 g/mol. The molecule has 2 aromatic rings. The zero-order chi connectivity index (χ0) is 17.1. The lowest BCUT2D eigenvalue weighted by molar-refractivity contribution is 0.570. The Balaban J connectivity index is 1.62. The molecule has 1 atom stereocenters. The van der Waals surface area contributed by atoms with E-state index in [1.165, 1.54) is 6.42 Å². The molecule has 0 amide bonds. The van der Waals surface area contributed by atoms with E-state index in [0.717, 1.165) is 48.9 Å². The zero-order valence-electron chi connectivity index (χ0n) is 14.4. The van der Waals surface area contributed by atoms with Gasteiger partial charge in [0.1, 0.15) is 23.1 Å². The first-order valence-electron chi connectivity index (χ1n) is 8.25. The van der Waals surface area contributed by atoms with Gasteiger partial charge in [0.15, 0.2) is 0 Å². The lowest BCUT2D eigenvalue weighted by Gasteiger charge is -2.26. The Morgan fingerprint density at radius 1 is 1.38 bits per heavy atom. The Bertz CT molecular complexity index is 700. The highest BCUT2D eigenvalue weighted by Crippen LogP contribution is 2.25. The van der Waals surface area contributed by atoms with Crippen LogP contribution in [0.3, 0.4) is 0 Å². The van der Waals surface area contributed by atoms with Gasteiger partial charge < -0.3 is 15.5 Å². The smallest absolute Gasteiger partial charge is 0.134 e.